The second kappa shape index (κ2) is 6.76. The van der Waals surface area contributed by atoms with Crippen LogP contribution in [0.2, 0.25) is 0 Å². The number of fused-ring (bicyclic) bond motifs is 1. The van der Waals surface area contributed by atoms with E-state index in [0.717, 1.165) is 0 Å². The molecular formula is C17H15N3O3S. The van der Waals surface area contributed by atoms with Crippen molar-refractivity contribution in [2.75, 3.05) is 11.6 Å². The van der Waals surface area contributed by atoms with Crippen LogP contribution in [-0.2, 0) is 22.1 Å². The largest absolute Gasteiger partial charge is 0.324 e. The van der Waals surface area contributed by atoms with Crippen molar-refractivity contribution >= 4 is 33.4 Å². The number of para-hydroxylation sites is 2. The Kier molecular flexibility index (Phi) is 4.52. The molecule has 24 heavy (non-hydrogen) atoms. The molecule has 0 unspecified atom stereocenters. The minimum Gasteiger partial charge on any atom is -0.324 e. The minimum absolute atomic E-state index is 0.124. The third-order valence-electron chi connectivity index (χ3n) is 3.50. The zero-order valence-electron chi connectivity index (χ0n) is 12.9. The van der Waals surface area contributed by atoms with E-state index >= 15 is 0 Å². The molecule has 0 bridgehead atoms. The third-order valence-corrected chi connectivity index (χ3v) is 4.42. The molecule has 0 spiro atoms. The molecule has 0 aliphatic rings. The number of nitrogens with one attached hydrogen (secondary N) is 1. The Bertz CT molecular complexity index is 998. The van der Waals surface area contributed by atoms with Gasteiger partial charge in [0, 0.05) is 27.6 Å². The number of amides is 1. The maximum absolute atomic E-state index is 12.3. The first-order valence-electron chi connectivity index (χ1n) is 7.22. The average molecular weight is 341 g/mol. The number of benzene rings is 2. The fourth-order valence-corrected chi connectivity index (χ4v) is 2.94. The molecule has 3 rings (SSSR count). The monoisotopic (exact) mass is 341 g/mol. The summed E-state index contributed by atoms with van der Waals surface area (Å²) in [5.41, 5.74) is 1.45. The highest BCUT2D eigenvalue weighted by Crippen LogP contribution is 2.14. The minimum atomic E-state index is -1.13. The lowest BCUT2D eigenvalue weighted by Crippen LogP contribution is -2.28. The Hall–Kier alpha value is -2.80. The summed E-state index contributed by atoms with van der Waals surface area (Å²) in [6, 6.07) is 14.0. The fraction of sp³-hybridized carbons (Fsp3) is 0.118. The Balaban J connectivity index is 1.86. The van der Waals surface area contributed by atoms with Gasteiger partial charge in [0.15, 0.2) is 0 Å². The zero-order chi connectivity index (χ0) is 17.1. The predicted octanol–water partition coefficient (Wildman–Crippen LogP) is 1.77. The first-order valence-corrected chi connectivity index (χ1v) is 8.78. The number of hydrogen-bond acceptors (Lipinski definition) is 4. The Labute approximate surface area is 140 Å². The van der Waals surface area contributed by atoms with Crippen LogP contribution >= 0.6 is 0 Å². The lowest BCUT2D eigenvalue weighted by Gasteiger charge is -2.10. The molecule has 1 N–H and O–H groups in total. The summed E-state index contributed by atoms with van der Waals surface area (Å²) in [4.78, 5) is 29.0. The highest BCUT2D eigenvalue weighted by molar-refractivity contribution is 7.84. The summed E-state index contributed by atoms with van der Waals surface area (Å²) in [5.74, 6) is -0.340. The van der Waals surface area contributed by atoms with E-state index in [4.69, 9.17) is 0 Å². The van der Waals surface area contributed by atoms with Crippen molar-refractivity contribution in [3.63, 3.8) is 0 Å². The number of aromatic nitrogens is 2. The molecule has 0 aliphatic carbocycles. The zero-order valence-corrected chi connectivity index (χ0v) is 13.7. The van der Waals surface area contributed by atoms with Crippen molar-refractivity contribution < 1.29 is 9.00 Å². The van der Waals surface area contributed by atoms with E-state index in [9.17, 15) is 13.8 Å². The van der Waals surface area contributed by atoms with Crippen LogP contribution < -0.4 is 10.9 Å². The molecule has 6 nitrogen and oxygen atoms in total. The van der Waals surface area contributed by atoms with Gasteiger partial charge in [-0.05, 0) is 30.3 Å². The number of rotatable bonds is 4. The molecule has 0 saturated heterocycles. The smallest absolute Gasteiger partial charge is 0.269 e. The van der Waals surface area contributed by atoms with E-state index in [-0.39, 0.29) is 18.0 Å². The Morgan fingerprint density at radius 1 is 1.21 bits per heavy atom. The van der Waals surface area contributed by atoms with Gasteiger partial charge >= 0.3 is 0 Å². The Morgan fingerprint density at radius 3 is 2.79 bits per heavy atom. The van der Waals surface area contributed by atoms with E-state index in [2.05, 4.69) is 10.3 Å². The summed E-state index contributed by atoms with van der Waals surface area (Å²) >= 11 is 0. The van der Waals surface area contributed by atoms with Crippen LogP contribution in [0.1, 0.15) is 0 Å². The molecule has 122 valence electrons. The van der Waals surface area contributed by atoms with Gasteiger partial charge in [-0.3, -0.25) is 18.4 Å². The van der Waals surface area contributed by atoms with Gasteiger partial charge in [0.25, 0.3) is 5.56 Å². The van der Waals surface area contributed by atoms with Gasteiger partial charge in [0.05, 0.1) is 17.2 Å². The molecule has 0 fully saturated rings. The van der Waals surface area contributed by atoms with Crippen LogP contribution in [0.15, 0.2) is 64.4 Å². The molecule has 2 aromatic carbocycles. The van der Waals surface area contributed by atoms with Crippen LogP contribution in [0.3, 0.4) is 0 Å². The standard InChI is InChI=1S/C17H15N3O3S/c1-24(23)13-6-4-5-12(9-13)19-16(21)11-20-15-8-3-2-7-14(15)18-10-17(20)22/h2-10H,11H2,1H3,(H,19,21)/t24-/m1/s1. The van der Waals surface area contributed by atoms with Crippen molar-refractivity contribution in [3.8, 4) is 0 Å². The molecular weight excluding hydrogens is 326 g/mol. The van der Waals surface area contributed by atoms with E-state index in [1.165, 1.54) is 10.8 Å². The first kappa shape index (κ1) is 16.1. The predicted molar refractivity (Wildman–Crippen MR) is 93.4 cm³/mol. The summed E-state index contributed by atoms with van der Waals surface area (Å²) in [7, 11) is -1.13. The molecule has 1 heterocycles. The van der Waals surface area contributed by atoms with E-state index < -0.39 is 10.8 Å². The van der Waals surface area contributed by atoms with Crippen LogP contribution in [0.5, 0.6) is 0 Å². The number of carbonyl (C=O) groups excluding carboxylic acids is 1. The van der Waals surface area contributed by atoms with Crippen LogP contribution in [0.25, 0.3) is 11.0 Å². The van der Waals surface area contributed by atoms with Crippen molar-refractivity contribution in [1.82, 2.24) is 9.55 Å². The maximum atomic E-state index is 12.3. The van der Waals surface area contributed by atoms with Gasteiger partial charge in [-0.25, -0.2) is 4.98 Å². The number of hydrogen-bond donors (Lipinski definition) is 1. The van der Waals surface area contributed by atoms with E-state index in [1.54, 1.807) is 48.7 Å². The Morgan fingerprint density at radius 2 is 2.00 bits per heavy atom. The second-order valence-corrected chi connectivity index (χ2v) is 6.58. The highest BCUT2D eigenvalue weighted by atomic mass is 32.2. The molecule has 0 radical (unpaired) electrons. The second-order valence-electron chi connectivity index (χ2n) is 5.20. The molecule has 1 amide bonds. The molecule has 3 aromatic rings. The van der Waals surface area contributed by atoms with Crippen LogP contribution in [-0.4, -0.2) is 25.9 Å². The van der Waals surface area contributed by atoms with E-state index in [1.807, 2.05) is 6.07 Å². The molecule has 1 atom stereocenters. The molecule has 0 saturated carbocycles. The van der Waals surface area contributed by atoms with Crippen molar-refractivity contribution in [1.29, 1.82) is 0 Å². The summed E-state index contributed by atoms with van der Waals surface area (Å²) < 4.78 is 12.9. The summed E-state index contributed by atoms with van der Waals surface area (Å²) in [6.07, 6.45) is 2.78. The van der Waals surface area contributed by atoms with Crippen LogP contribution in [0, 0.1) is 0 Å². The molecule has 1 aromatic heterocycles. The van der Waals surface area contributed by atoms with Crippen LogP contribution in [0.4, 0.5) is 5.69 Å². The highest BCUT2D eigenvalue weighted by Gasteiger charge is 2.09. The average Bonchev–Trinajstić information content (AvgIpc) is 2.57. The normalized spacial score (nSPS) is 12.0. The molecule has 0 aliphatic heterocycles. The van der Waals surface area contributed by atoms with Gasteiger partial charge in [-0.15, -0.1) is 0 Å². The van der Waals surface area contributed by atoms with Gasteiger partial charge in [0.1, 0.15) is 6.54 Å². The topological polar surface area (TPSA) is 81.1 Å². The fourth-order valence-electron chi connectivity index (χ4n) is 2.37. The van der Waals surface area contributed by atoms with Gasteiger partial charge in [-0.1, -0.05) is 18.2 Å². The molecule has 7 heteroatoms. The summed E-state index contributed by atoms with van der Waals surface area (Å²) in [5, 5.41) is 2.72. The third kappa shape index (κ3) is 3.41. The van der Waals surface area contributed by atoms with E-state index in [0.29, 0.717) is 21.6 Å². The number of nitrogens with zero attached hydrogens (tertiary/aromatic N) is 2. The summed E-state index contributed by atoms with van der Waals surface area (Å²) in [6.45, 7) is -0.124. The first-order chi connectivity index (χ1) is 11.5. The SMILES string of the molecule is C[S@@](=O)c1cccc(NC(=O)Cn2c(=O)cnc3ccccc32)c1. The van der Waals surface area contributed by atoms with Gasteiger partial charge in [0.2, 0.25) is 5.91 Å². The van der Waals surface area contributed by atoms with Crippen molar-refractivity contribution in [2.24, 2.45) is 0 Å². The van der Waals surface area contributed by atoms with Gasteiger partial charge < -0.3 is 5.32 Å². The quantitative estimate of drug-likeness (QED) is 0.784. The number of anilines is 1. The lowest BCUT2D eigenvalue weighted by atomic mass is 10.3. The van der Waals surface area contributed by atoms with Crippen molar-refractivity contribution in [2.45, 2.75) is 11.4 Å². The van der Waals surface area contributed by atoms with Crippen molar-refractivity contribution in [3.05, 3.63) is 65.1 Å². The lowest BCUT2D eigenvalue weighted by molar-refractivity contribution is -0.116. The van der Waals surface area contributed by atoms with Gasteiger partial charge in [-0.2, -0.15) is 0 Å². The number of carbonyl (C=O) groups is 1. The maximum Gasteiger partial charge on any atom is 0.269 e.